The van der Waals surface area contributed by atoms with E-state index >= 15 is 0 Å². The highest BCUT2D eigenvalue weighted by Gasteiger charge is 2.41. The van der Waals surface area contributed by atoms with Crippen LogP contribution in [0.15, 0.2) is 67.0 Å². The number of aromatic nitrogens is 2. The summed E-state index contributed by atoms with van der Waals surface area (Å²) in [6, 6.07) is 17.3. The van der Waals surface area contributed by atoms with Crippen molar-refractivity contribution in [1.82, 2.24) is 19.8 Å². The van der Waals surface area contributed by atoms with Crippen LogP contribution in [0.3, 0.4) is 0 Å². The molecule has 1 aliphatic rings. The third kappa shape index (κ3) is 4.05. The molecule has 0 spiro atoms. The van der Waals surface area contributed by atoms with Crippen LogP contribution >= 0.6 is 12.2 Å². The van der Waals surface area contributed by atoms with Crippen molar-refractivity contribution in [3.05, 3.63) is 83.9 Å². The fourth-order valence-corrected chi connectivity index (χ4v) is 4.45. The Balaban J connectivity index is 1.85. The highest BCUT2D eigenvalue weighted by molar-refractivity contribution is 7.80. The van der Waals surface area contributed by atoms with Gasteiger partial charge in [0, 0.05) is 24.6 Å². The van der Waals surface area contributed by atoms with E-state index in [0.29, 0.717) is 16.6 Å². The summed E-state index contributed by atoms with van der Waals surface area (Å²) in [4.78, 5) is 19.2. The number of rotatable bonds is 6. The number of benzene rings is 1. The predicted molar refractivity (Wildman–Crippen MR) is 124 cm³/mol. The van der Waals surface area contributed by atoms with E-state index in [2.05, 4.69) is 39.7 Å². The second-order valence-electron chi connectivity index (χ2n) is 7.98. The number of ether oxygens (including phenoxy) is 1. The van der Waals surface area contributed by atoms with Crippen LogP contribution in [0, 0.1) is 5.92 Å². The number of pyridine rings is 1. The van der Waals surface area contributed by atoms with Crippen LogP contribution in [-0.2, 0) is 4.74 Å². The van der Waals surface area contributed by atoms with Crippen LogP contribution in [-0.4, -0.2) is 39.2 Å². The maximum absolute atomic E-state index is 12.4. The van der Waals surface area contributed by atoms with Crippen molar-refractivity contribution in [2.24, 2.45) is 5.92 Å². The first-order valence-electron chi connectivity index (χ1n) is 10.3. The predicted octanol–water partition coefficient (Wildman–Crippen LogP) is 4.29. The molecule has 31 heavy (non-hydrogen) atoms. The van der Waals surface area contributed by atoms with Crippen LogP contribution in [0.5, 0.6) is 0 Å². The Morgan fingerprint density at radius 1 is 1.16 bits per heavy atom. The molecule has 0 aliphatic carbocycles. The monoisotopic (exact) mass is 434 g/mol. The lowest BCUT2D eigenvalue weighted by Gasteiger charge is -2.30. The number of para-hydroxylation sites is 1. The average molecular weight is 435 g/mol. The van der Waals surface area contributed by atoms with Crippen molar-refractivity contribution < 1.29 is 9.53 Å². The summed E-state index contributed by atoms with van der Waals surface area (Å²) < 4.78 is 7.07. The number of carbonyl (C=O) groups is 1. The molecule has 7 heteroatoms. The van der Waals surface area contributed by atoms with E-state index in [0.717, 1.165) is 23.6 Å². The average Bonchev–Trinajstić information content (AvgIpc) is 3.38. The molecular weight excluding hydrogens is 408 g/mol. The number of hydrogen-bond acceptors (Lipinski definition) is 4. The zero-order chi connectivity index (χ0) is 22.0. The summed E-state index contributed by atoms with van der Waals surface area (Å²) in [5.74, 6) is 0.0612. The van der Waals surface area contributed by atoms with Crippen LogP contribution < -0.4 is 5.32 Å². The van der Waals surface area contributed by atoms with Crippen molar-refractivity contribution in [1.29, 1.82) is 0 Å². The van der Waals surface area contributed by atoms with E-state index < -0.39 is 0 Å². The molecule has 1 aliphatic heterocycles. The van der Waals surface area contributed by atoms with Gasteiger partial charge in [0.15, 0.2) is 5.11 Å². The van der Waals surface area contributed by atoms with Crippen LogP contribution in [0.25, 0.3) is 5.69 Å². The summed E-state index contributed by atoms with van der Waals surface area (Å²) in [7, 11) is 1.40. The van der Waals surface area contributed by atoms with Crippen LogP contribution in [0.4, 0.5) is 0 Å². The van der Waals surface area contributed by atoms with Crippen LogP contribution in [0.2, 0.25) is 0 Å². The van der Waals surface area contributed by atoms with Gasteiger partial charge in [0.1, 0.15) is 0 Å². The normalized spacial score (nSPS) is 18.3. The van der Waals surface area contributed by atoms with Gasteiger partial charge < -0.3 is 19.5 Å². The SMILES string of the molecule is COC(=O)c1ccccc1-n1cccc1[C@H]1[C@@H](c2ccccn2)NC(=S)N1CC(C)C. The number of esters is 1. The largest absolute Gasteiger partial charge is 0.465 e. The molecule has 4 rings (SSSR count). The molecule has 2 aromatic heterocycles. The van der Waals surface area contributed by atoms with E-state index in [1.54, 1.807) is 12.3 Å². The van der Waals surface area contributed by atoms with Gasteiger partial charge in [-0.1, -0.05) is 32.0 Å². The molecule has 2 atom stereocenters. The minimum atomic E-state index is -0.365. The van der Waals surface area contributed by atoms with E-state index in [1.165, 1.54) is 7.11 Å². The first-order chi connectivity index (χ1) is 15.0. The highest BCUT2D eigenvalue weighted by atomic mass is 32.1. The van der Waals surface area contributed by atoms with Crippen molar-refractivity contribution in [2.75, 3.05) is 13.7 Å². The molecule has 1 saturated heterocycles. The molecule has 1 N–H and O–H groups in total. The lowest BCUT2D eigenvalue weighted by atomic mass is 10.00. The molecule has 0 amide bonds. The van der Waals surface area contributed by atoms with Gasteiger partial charge in [0.2, 0.25) is 0 Å². The number of carbonyl (C=O) groups excluding carboxylic acids is 1. The number of nitrogens with one attached hydrogen (secondary N) is 1. The van der Waals surface area contributed by atoms with Gasteiger partial charge in [-0.15, -0.1) is 0 Å². The maximum Gasteiger partial charge on any atom is 0.339 e. The van der Waals surface area contributed by atoms with E-state index in [-0.39, 0.29) is 18.1 Å². The smallest absolute Gasteiger partial charge is 0.339 e. The Hall–Kier alpha value is -3.19. The molecule has 0 bridgehead atoms. The molecule has 0 radical (unpaired) electrons. The summed E-state index contributed by atoms with van der Waals surface area (Å²) >= 11 is 5.74. The second-order valence-corrected chi connectivity index (χ2v) is 8.37. The first kappa shape index (κ1) is 21.1. The molecule has 3 heterocycles. The van der Waals surface area contributed by atoms with Gasteiger partial charge in [0.05, 0.1) is 36.1 Å². The minimum absolute atomic E-state index is 0.0782. The molecule has 1 fully saturated rings. The van der Waals surface area contributed by atoms with Gasteiger partial charge in [-0.2, -0.15) is 0 Å². The summed E-state index contributed by atoms with van der Waals surface area (Å²) in [6.07, 6.45) is 3.77. The zero-order valence-corrected chi connectivity index (χ0v) is 18.7. The Bertz CT molecular complexity index is 1080. The number of thiocarbonyl (C=S) groups is 1. The van der Waals surface area contributed by atoms with E-state index in [1.807, 2.05) is 48.7 Å². The highest BCUT2D eigenvalue weighted by Crippen LogP contribution is 2.40. The third-order valence-corrected chi connectivity index (χ3v) is 5.76. The van der Waals surface area contributed by atoms with Gasteiger partial charge in [0.25, 0.3) is 0 Å². The number of hydrogen-bond donors (Lipinski definition) is 1. The summed E-state index contributed by atoms with van der Waals surface area (Å²) in [5, 5.41) is 4.19. The van der Waals surface area contributed by atoms with Crippen molar-refractivity contribution >= 4 is 23.3 Å². The Morgan fingerprint density at radius 3 is 2.65 bits per heavy atom. The summed E-state index contributed by atoms with van der Waals surface area (Å²) in [6.45, 7) is 5.17. The second kappa shape index (κ2) is 8.89. The fourth-order valence-electron chi connectivity index (χ4n) is 4.14. The lowest BCUT2D eigenvalue weighted by molar-refractivity contribution is 0.0600. The van der Waals surface area contributed by atoms with E-state index in [9.17, 15) is 4.79 Å². The lowest BCUT2D eigenvalue weighted by Crippen LogP contribution is -2.33. The summed E-state index contributed by atoms with van der Waals surface area (Å²) in [5.41, 5.74) is 3.24. The molecular formula is C24H26N4O2S. The maximum atomic E-state index is 12.4. The van der Waals surface area contributed by atoms with Gasteiger partial charge in [-0.05, 0) is 54.5 Å². The molecule has 0 unspecified atom stereocenters. The number of nitrogens with zero attached hydrogens (tertiary/aromatic N) is 3. The topological polar surface area (TPSA) is 59.4 Å². The third-order valence-electron chi connectivity index (χ3n) is 5.41. The fraction of sp³-hybridized carbons (Fsp3) is 0.292. The Kier molecular flexibility index (Phi) is 6.04. The zero-order valence-electron chi connectivity index (χ0n) is 17.9. The molecule has 0 saturated carbocycles. The molecule has 1 aromatic carbocycles. The number of methoxy groups -OCH3 is 1. The minimum Gasteiger partial charge on any atom is -0.465 e. The van der Waals surface area contributed by atoms with Crippen molar-refractivity contribution in [3.63, 3.8) is 0 Å². The standard InChI is InChI=1S/C24H26N4O2S/c1-16(2)15-28-22(21(26-24(28)31)18-10-6-7-13-25-18)20-12-8-14-27(20)19-11-5-4-9-17(19)23(29)30-3/h4-14,16,21-22H,15H2,1-3H3,(H,26,31)/t21-,22+/m1/s1. The van der Waals surface area contributed by atoms with Gasteiger partial charge in [-0.3, -0.25) is 4.98 Å². The molecule has 160 valence electrons. The van der Waals surface area contributed by atoms with Crippen molar-refractivity contribution in [2.45, 2.75) is 25.9 Å². The molecule has 3 aromatic rings. The van der Waals surface area contributed by atoms with Crippen molar-refractivity contribution in [3.8, 4) is 5.69 Å². The quantitative estimate of drug-likeness (QED) is 0.461. The van der Waals surface area contributed by atoms with Gasteiger partial charge >= 0.3 is 5.97 Å². The van der Waals surface area contributed by atoms with E-state index in [4.69, 9.17) is 17.0 Å². The Morgan fingerprint density at radius 2 is 1.94 bits per heavy atom. The Labute approximate surface area is 187 Å². The first-order valence-corrected chi connectivity index (χ1v) is 10.7. The van der Waals surface area contributed by atoms with Gasteiger partial charge in [-0.25, -0.2) is 4.79 Å². The van der Waals surface area contributed by atoms with Crippen LogP contribution in [0.1, 0.15) is 47.7 Å². The molecule has 6 nitrogen and oxygen atoms in total.